The third-order valence-corrected chi connectivity index (χ3v) is 5.68. The summed E-state index contributed by atoms with van der Waals surface area (Å²) in [7, 11) is 1.34. The van der Waals surface area contributed by atoms with E-state index in [1.165, 1.54) is 19.0 Å². The summed E-state index contributed by atoms with van der Waals surface area (Å²) in [6.45, 7) is 4.97. The quantitative estimate of drug-likeness (QED) is 0.398. The number of carbonyl (C=O) groups is 1. The minimum atomic E-state index is -0.703. The predicted molar refractivity (Wildman–Crippen MR) is 132 cm³/mol. The van der Waals surface area contributed by atoms with Gasteiger partial charge in [-0.05, 0) is 35.4 Å². The molecule has 0 aliphatic carbocycles. The van der Waals surface area contributed by atoms with Crippen molar-refractivity contribution in [1.82, 2.24) is 25.2 Å². The van der Waals surface area contributed by atoms with Crippen molar-refractivity contribution in [3.8, 4) is 6.07 Å². The molecule has 0 unspecified atom stereocenters. The highest BCUT2D eigenvalue weighted by Gasteiger charge is 2.21. The summed E-state index contributed by atoms with van der Waals surface area (Å²) in [5.74, 6) is 0.178. The topological polar surface area (TPSA) is 128 Å². The Hall–Kier alpha value is -4.07. The molecule has 2 heterocycles. The van der Waals surface area contributed by atoms with E-state index in [1.807, 2.05) is 24.3 Å². The van der Waals surface area contributed by atoms with Gasteiger partial charge in [-0.15, -0.1) is 0 Å². The summed E-state index contributed by atoms with van der Waals surface area (Å²) >= 11 is 0. The molecule has 3 N–H and O–H groups in total. The van der Waals surface area contributed by atoms with Crippen LogP contribution in [0.15, 0.2) is 54.9 Å². The van der Waals surface area contributed by atoms with Gasteiger partial charge < -0.3 is 20.7 Å². The molecule has 1 aliphatic heterocycles. The Kier molecular flexibility index (Phi) is 8.17. The van der Waals surface area contributed by atoms with Crippen LogP contribution in [0.25, 0.3) is 0 Å². The van der Waals surface area contributed by atoms with Crippen LogP contribution in [0.4, 0.5) is 17.6 Å². The van der Waals surface area contributed by atoms with E-state index >= 15 is 0 Å². The highest BCUT2D eigenvalue weighted by Crippen LogP contribution is 2.17. The number of ether oxygens (including phenoxy) is 1. The number of nitriles is 1. The summed E-state index contributed by atoms with van der Waals surface area (Å²) in [5.41, 5.74) is 3.51. The smallest absolute Gasteiger partial charge is 0.328 e. The molecule has 1 aromatic heterocycles. The van der Waals surface area contributed by atoms with Gasteiger partial charge in [0.25, 0.3) is 0 Å². The number of aromatic nitrogens is 3. The van der Waals surface area contributed by atoms with Gasteiger partial charge in [0.2, 0.25) is 11.9 Å². The van der Waals surface area contributed by atoms with Crippen LogP contribution < -0.4 is 16.0 Å². The number of hydrogen-bond acceptors (Lipinski definition) is 10. The Morgan fingerprint density at radius 1 is 1.14 bits per heavy atom. The van der Waals surface area contributed by atoms with Gasteiger partial charge in [-0.2, -0.15) is 10.2 Å². The summed E-state index contributed by atoms with van der Waals surface area (Å²) in [6, 6.07) is 16.6. The molecule has 0 radical (unpaired) electrons. The lowest BCUT2D eigenvalue weighted by Crippen LogP contribution is -2.42. The number of benzene rings is 2. The molecule has 10 heteroatoms. The SMILES string of the molecule is COC(=O)[C@H](Cc1ccc(C#N)cc1)Nc1ncnc(Nc2cccc(CN3CCNCC3)c2)n1. The summed E-state index contributed by atoms with van der Waals surface area (Å²) in [4.78, 5) is 27.6. The zero-order valence-corrected chi connectivity index (χ0v) is 19.6. The number of anilines is 3. The summed E-state index contributed by atoms with van der Waals surface area (Å²) < 4.78 is 4.95. The van der Waals surface area contributed by atoms with E-state index in [0.29, 0.717) is 17.9 Å². The van der Waals surface area contributed by atoms with Gasteiger partial charge in [-0.25, -0.2) is 14.8 Å². The molecule has 2 aromatic carbocycles. The fraction of sp³-hybridized carbons (Fsp3) is 0.320. The second kappa shape index (κ2) is 11.9. The van der Waals surface area contributed by atoms with Gasteiger partial charge in [0, 0.05) is 44.8 Å². The average molecular weight is 473 g/mol. The van der Waals surface area contributed by atoms with Gasteiger partial charge in [0.05, 0.1) is 18.7 Å². The van der Waals surface area contributed by atoms with Crippen LogP contribution in [-0.2, 0) is 22.5 Å². The van der Waals surface area contributed by atoms with Crippen LogP contribution in [0.2, 0.25) is 0 Å². The average Bonchev–Trinajstić information content (AvgIpc) is 2.89. The Morgan fingerprint density at radius 2 is 1.91 bits per heavy atom. The number of esters is 1. The van der Waals surface area contributed by atoms with Crippen molar-refractivity contribution in [1.29, 1.82) is 5.26 Å². The molecule has 3 aromatic rings. The Morgan fingerprint density at radius 3 is 2.66 bits per heavy atom. The van der Waals surface area contributed by atoms with Crippen molar-refractivity contribution in [3.63, 3.8) is 0 Å². The van der Waals surface area contributed by atoms with Crippen molar-refractivity contribution in [3.05, 3.63) is 71.5 Å². The molecule has 0 saturated carbocycles. The standard InChI is InChI=1S/C25H28N8O2/c1-35-23(34)22(14-18-5-7-19(15-26)8-6-18)31-25-29-17-28-24(32-25)30-21-4-2-3-20(13-21)16-33-11-9-27-10-12-33/h2-8,13,17,22,27H,9-12,14,16H2,1H3,(H2,28,29,30,31,32)/t22-/m0/s1. The molecule has 1 saturated heterocycles. The van der Waals surface area contributed by atoms with Crippen LogP contribution in [0, 0.1) is 11.3 Å². The largest absolute Gasteiger partial charge is 0.467 e. The van der Waals surface area contributed by atoms with Crippen LogP contribution in [0.1, 0.15) is 16.7 Å². The van der Waals surface area contributed by atoms with E-state index in [0.717, 1.165) is 44.0 Å². The first-order valence-corrected chi connectivity index (χ1v) is 11.4. The second-order valence-corrected chi connectivity index (χ2v) is 8.22. The fourth-order valence-electron chi connectivity index (χ4n) is 3.87. The monoisotopic (exact) mass is 472 g/mol. The van der Waals surface area contributed by atoms with Crippen molar-refractivity contribution in [2.45, 2.75) is 19.0 Å². The van der Waals surface area contributed by atoms with Crippen LogP contribution in [0.3, 0.4) is 0 Å². The van der Waals surface area contributed by atoms with E-state index in [2.05, 4.69) is 54.0 Å². The lowest BCUT2D eigenvalue weighted by Gasteiger charge is -2.27. The van der Waals surface area contributed by atoms with Crippen LogP contribution >= 0.6 is 0 Å². The minimum absolute atomic E-state index is 0.253. The molecular formula is C25H28N8O2. The normalized spacial score (nSPS) is 14.5. The van der Waals surface area contributed by atoms with Crippen LogP contribution in [-0.4, -0.2) is 65.2 Å². The second-order valence-electron chi connectivity index (χ2n) is 8.22. The number of hydrogen-bond donors (Lipinski definition) is 3. The molecule has 10 nitrogen and oxygen atoms in total. The molecule has 35 heavy (non-hydrogen) atoms. The summed E-state index contributed by atoms with van der Waals surface area (Å²) in [5, 5.41) is 18.6. The minimum Gasteiger partial charge on any atom is -0.467 e. The zero-order chi connectivity index (χ0) is 24.5. The highest BCUT2D eigenvalue weighted by molar-refractivity contribution is 5.79. The first-order chi connectivity index (χ1) is 17.1. The molecule has 0 amide bonds. The molecule has 1 fully saturated rings. The number of nitrogens with zero attached hydrogens (tertiary/aromatic N) is 5. The van der Waals surface area contributed by atoms with Crippen molar-refractivity contribution in [2.75, 3.05) is 43.9 Å². The predicted octanol–water partition coefficient (Wildman–Crippen LogP) is 2.09. The van der Waals surface area contributed by atoms with E-state index in [1.54, 1.807) is 12.1 Å². The van der Waals surface area contributed by atoms with E-state index in [4.69, 9.17) is 10.00 Å². The highest BCUT2D eigenvalue weighted by atomic mass is 16.5. The Labute approximate surface area is 204 Å². The number of nitrogens with one attached hydrogen (secondary N) is 3. The maximum atomic E-state index is 12.4. The number of piperazine rings is 1. The van der Waals surface area contributed by atoms with Gasteiger partial charge in [-0.3, -0.25) is 4.90 Å². The Bertz CT molecular complexity index is 1170. The lowest BCUT2D eigenvalue weighted by molar-refractivity contribution is -0.141. The first-order valence-electron chi connectivity index (χ1n) is 11.4. The lowest BCUT2D eigenvalue weighted by atomic mass is 10.0. The summed E-state index contributed by atoms with van der Waals surface area (Å²) in [6.07, 6.45) is 1.74. The maximum Gasteiger partial charge on any atom is 0.328 e. The number of methoxy groups -OCH3 is 1. The molecule has 180 valence electrons. The zero-order valence-electron chi connectivity index (χ0n) is 19.6. The molecule has 4 rings (SSSR count). The fourth-order valence-corrected chi connectivity index (χ4v) is 3.87. The van der Waals surface area contributed by atoms with Crippen molar-refractivity contribution < 1.29 is 9.53 Å². The molecular weight excluding hydrogens is 444 g/mol. The Balaban J connectivity index is 1.43. The maximum absolute atomic E-state index is 12.4. The third-order valence-electron chi connectivity index (χ3n) is 5.68. The van der Waals surface area contributed by atoms with Gasteiger partial charge >= 0.3 is 5.97 Å². The van der Waals surface area contributed by atoms with Gasteiger partial charge in [0.15, 0.2) is 0 Å². The first kappa shape index (κ1) is 24.1. The number of carbonyl (C=O) groups excluding carboxylic acids is 1. The van der Waals surface area contributed by atoms with E-state index in [9.17, 15) is 4.79 Å². The van der Waals surface area contributed by atoms with Crippen molar-refractivity contribution >= 4 is 23.6 Å². The molecule has 0 spiro atoms. The van der Waals surface area contributed by atoms with Crippen LogP contribution in [0.5, 0.6) is 0 Å². The van der Waals surface area contributed by atoms with E-state index in [-0.39, 0.29) is 5.95 Å². The third kappa shape index (κ3) is 6.96. The van der Waals surface area contributed by atoms with Gasteiger partial charge in [0.1, 0.15) is 12.4 Å². The van der Waals surface area contributed by atoms with E-state index < -0.39 is 12.0 Å². The molecule has 1 atom stereocenters. The molecule has 0 bridgehead atoms. The molecule has 1 aliphatic rings. The van der Waals surface area contributed by atoms with Gasteiger partial charge in [-0.1, -0.05) is 24.3 Å². The number of rotatable bonds is 9. The van der Waals surface area contributed by atoms with Crippen molar-refractivity contribution in [2.24, 2.45) is 0 Å².